The van der Waals surface area contributed by atoms with Crippen LogP contribution in [0.3, 0.4) is 0 Å². The summed E-state index contributed by atoms with van der Waals surface area (Å²) in [7, 11) is 0. The molecule has 0 unspecified atom stereocenters. The van der Waals surface area contributed by atoms with Gasteiger partial charge in [-0.25, -0.2) is 0 Å². The highest BCUT2D eigenvalue weighted by Gasteiger charge is 1.92. The first-order valence-corrected chi connectivity index (χ1v) is 4.10. The molecule has 0 amide bonds. The van der Waals surface area contributed by atoms with Crippen molar-refractivity contribution in [3.63, 3.8) is 0 Å². The lowest BCUT2D eigenvalue weighted by molar-refractivity contribution is 0.328. The molecule has 0 spiro atoms. The molecule has 0 saturated carbocycles. The Bertz CT molecular complexity index is 323. The van der Waals surface area contributed by atoms with Crippen molar-refractivity contribution < 1.29 is 4.74 Å². The fourth-order valence-corrected chi connectivity index (χ4v) is 0.986. The van der Waals surface area contributed by atoms with Gasteiger partial charge in [0.2, 0.25) is 0 Å². The number of ether oxygens (including phenoxy) is 1. The first kappa shape index (κ1) is 9.71. The number of rotatable bonds is 4. The van der Waals surface area contributed by atoms with Gasteiger partial charge in [0.25, 0.3) is 0 Å². The molecule has 0 N–H and O–H groups in total. The van der Waals surface area contributed by atoms with Crippen LogP contribution in [0.15, 0.2) is 29.4 Å². The quantitative estimate of drug-likeness (QED) is 0.317. The van der Waals surface area contributed by atoms with E-state index in [9.17, 15) is 0 Å². The van der Waals surface area contributed by atoms with Crippen LogP contribution < -0.4 is 4.74 Å². The zero-order valence-corrected chi connectivity index (χ0v) is 7.61. The van der Waals surface area contributed by atoms with Crippen LogP contribution in [-0.2, 0) is 0 Å². The largest absolute Gasteiger partial charge is 0.493 e. The second-order valence-corrected chi connectivity index (χ2v) is 2.70. The number of hydrogen-bond donors (Lipinski definition) is 0. The summed E-state index contributed by atoms with van der Waals surface area (Å²) in [6.07, 6.45) is 0. The monoisotopic (exact) mass is 197 g/mol. The van der Waals surface area contributed by atoms with E-state index in [1.807, 2.05) is 0 Å². The summed E-state index contributed by atoms with van der Waals surface area (Å²) in [6.45, 7) is 0.688. The van der Waals surface area contributed by atoms with E-state index in [1.165, 1.54) is 0 Å². The van der Waals surface area contributed by atoms with Gasteiger partial charge in [-0.2, -0.15) is 0 Å². The van der Waals surface area contributed by atoms with Crippen LogP contribution in [0.4, 0.5) is 0 Å². The fourth-order valence-electron chi connectivity index (χ4n) is 0.806. The molecule has 0 radical (unpaired) electrons. The van der Waals surface area contributed by atoms with Gasteiger partial charge < -0.3 is 4.74 Å². The van der Waals surface area contributed by atoms with Gasteiger partial charge in [-0.3, -0.25) is 0 Å². The van der Waals surface area contributed by atoms with E-state index < -0.39 is 0 Å². The molecule has 1 aromatic carbocycles. The van der Waals surface area contributed by atoms with Crippen molar-refractivity contribution in [1.82, 2.24) is 0 Å². The van der Waals surface area contributed by atoms with Gasteiger partial charge in [-0.1, -0.05) is 22.8 Å². The van der Waals surface area contributed by atoms with E-state index >= 15 is 0 Å². The van der Waals surface area contributed by atoms with Crippen LogP contribution in [0.5, 0.6) is 5.75 Å². The second-order valence-electron chi connectivity index (χ2n) is 2.26. The molecule has 5 heteroatoms. The van der Waals surface area contributed by atoms with Gasteiger partial charge in [-0.05, 0) is 23.7 Å². The molecule has 0 heterocycles. The lowest BCUT2D eigenvalue weighted by Crippen LogP contribution is -1.99. The van der Waals surface area contributed by atoms with E-state index in [4.69, 9.17) is 21.9 Å². The molecular formula is C8H8ClN3O. The predicted octanol–water partition coefficient (Wildman–Crippen LogP) is 3.03. The van der Waals surface area contributed by atoms with Crippen LogP contribution >= 0.6 is 11.6 Å². The third-order valence-corrected chi connectivity index (χ3v) is 1.55. The fraction of sp³-hybridized carbons (Fsp3) is 0.250. The second kappa shape index (κ2) is 5.30. The molecule has 0 saturated heterocycles. The van der Waals surface area contributed by atoms with Crippen LogP contribution in [0, 0.1) is 0 Å². The minimum atomic E-state index is 0.322. The molecule has 0 atom stereocenters. The topological polar surface area (TPSA) is 58.0 Å². The Balaban J connectivity index is 2.40. The maximum Gasteiger partial charge on any atom is 0.120 e. The molecule has 0 aromatic heterocycles. The summed E-state index contributed by atoms with van der Waals surface area (Å²) in [4.78, 5) is 2.60. The molecule has 1 aromatic rings. The molecule has 4 nitrogen and oxygen atoms in total. The van der Waals surface area contributed by atoms with Crippen LogP contribution in [0.25, 0.3) is 10.4 Å². The van der Waals surface area contributed by atoms with E-state index in [0.29, 0.717) is 23.9 Å². The average molecular weight is 198 g/mol. The lowest BCUT2D eigenvalue weighted by Gasteiger charge is -2.03. The maximum atomic E-state index is 7.99. The van der Waals surface area contributed by atoms with Crippen molar-refractivity contribution in [2.24, 2.45) is 5.11 Å². The van der Waals surface area contributed by atoms with E-state index in [0.717, 1.165) is 0 Å². The molecule has 0 aliphatic carbocycles. The van der Waals surface area contributed by atoms with Gasteiger partial charge >= 0.3 is 0 Å². The Hall–Kier alpha value is -1.38. The standard InChI is InChI=1S/C8H8ClN3O/c9-7-2-1-3-8(6-7)13-5-4-11-12-10/h1-3,6H,4-5H2. The summed E-state index contributed by atoms with van der Waals surface area (Å²) < 4.78 is 5.24. The number of halogens is 1. The van der Waals surface area contributed by atoms with Crippen LogP contribution in [0.2, 0.25) is 5.02 Å². The summed E-state index contributed by atoms with van der Waals surface area (Å²) in [5.41, 5.74) is 7.99. The zero-order chi connectivity index (χ0) is 9.52. The van der Waals surface area contributed by atoms with Gasteiger partial charge in [-0.15, -0.1) is 0 Å². The Labute approximate surface area is 80.7 Å². The van der Waals surface area contributed by atoms with Gasteiger partial charge in [0.15, 0.2) is 0 Å². The maximum absolute atomic E-state index is 7.99. The third kappa shape index (κ3) is 3.69. The van der Waals surface area contributed by atoms with E-state index in [2.05, 4.69) is 10.0 Å². The van der Waals surface area contributed by atoms with Gasteiger partial charge in [0, 0.05) is 9.93 Å². The van der Waals surface area contributed by atoms with Crippen molar-refractivity contribution in [2.45, 2.75) is 0 Å². The Morgan fingerprint density at radius 2 is 2.38 bits per heavy atom. The molecule has 0 bridgehead atoms. The third-order valence-electron chi connectivity index (χ3n) is 1.32. The molecule has 0 fully saturated rings. The summed E-state index contributed by atoms with van der Waals surface area (Å²) in [5.74, 6) is 0.681. The van der Waals surface area contributed by atoms with Crippen molar-refractivity contribution in [1.29, 1.82) is 0 Å². The van der Waals surface area contributed by atoms with Gasteiger partial charge in [0.1, 0.15) is 5.75 Å². The summed E-state index contributed by atoms with van der Waals surface area (Å²) in [5, 5.41) is 3.96. The number of benzene rings is 1. The number of hydrogen-bond acceptors (Lipinski definition) is 2. The highest BCUT2D eigenvalue weighted by atomic mass is 35.5. The zero-order valence-electron chi connectivity index (χ0n) is 6.85. The highest BCUT2D eigenvalue weighted by Crippen LogP contribution is 2.16. The van der Waals surface area contributed by atoms with Crippen molar-refractivity contribution in [3.05, 3.63) is 39.7 Å². The van der Waals surface area contributed by atoms with Crippen LogP contribution in [-0.4, -0.2) is 13.2 Å². The number of nitrogens with zero attached hydrogens (tertiary/aromatic N) is 3. The Kier molecular flexibility index (Phi) is 3.96. The molecule has 0 aliphatic heterocycles. The minimum absolute atomic E-state index is 0.322. The highest BCUT2D eigenvalue weighted by molar-refractivity contribution is 6.30. The van der Waals surface area contributed by atoms with Gasteiger partial charge in [0.05, 0.1) is 13.2 Å². The summed E-state index contributed by atoms with van der Waals surface area (Å²) >= 11 is 5.72. The average Bonchev–Trinajstić information content (AvgIpc) is 2.13. The Morgan fingerprint density at radius 1 is 1.54 bits per heavy atom. The van der Waals surface area contributed by atoms with Crippen molar-refractivity contribution in [2.75, 3.05) is 13.2 Å². The van der Waals surface area contributed by atoms with E-state index in [-0.39, 0.29) is 0 Å². The van der Waals surface area contributed by atoms with Crippen molar-refractivity contribution in [3.8, 4) is 5.75 Å². The SMILES string of the molecule is [N-]=[N+]=NCCOc1cccc(Cl)c1. The Morgan fingerprint density at radius 3 is 3.08 bits per heavy atom. The summed E-state index contributed by atoms with van der Waals surface area (Å²) in [6, 6.07) is 7.06. The molecule has 1 rings (SSSR count). The van der Waals surface area contributed by atoms with Crippen molar-refractivity contribution >= 4 is 11.6 Å². The normalized spacial score (nSPS) is 9.00. The molecular weight excluding hydrogens is 190 g/mol. The molecule has 13 heavy (non-hydrogen) atoms. The minimum Gasteiger partial charge on any atom is -0.493 e. The first-order chi connectivity index (χ1) is 6.33. The molecule has 68 valence electrons. The van der Waals surface area contributed by atoms with Crippen LogP contribution in [0.1, 0.15) is 0 Å². The lowest BCUT2D eigenvalue weighted by atomic mass is 10.3. The first-order valence-electron chi connectivity index (χ1n) is 3.72. The molecule has 0 aliphatic rings. The van der Waals surface area contributed by atoms with E-state index in [1.54, 1.807) is 24.3 Å². The smallest absolute Gasteiger partial charge is 0.120 e. The predicted molar refractivity (Wildman–Crippen MR) is 51.0 cm³/mol. The number of azide groups is 1.